The first kappa shape index (κ1) is 17.2. The summed E-state index contributed by atoms with van der Waals surface area (Å²) in [6, 6.07) is 9.95. The van der Waals surface area contributed by atoms with E-state index in [0.29, 0.717) is 17.6 Å². The number of nitrogens with one attached hydrogen (secondary N) is 2. The topological polar surface area (TPSA) is 70.2 Å². The highest BCUT2D eigenvalue weighted by atomic mass is 16.1. The van der Waals surface area contributed by atoms with Crippen molar-refractivity contribution in [2.75, 3.05) is 28.6 Å². The van der Waals surface area contributed by atoms with Gasteiger partial charge in [0.2, 0.25) is 0 Å². The zero-order valence-corrected chi connectivity index (χ0v) is 14.8. The van der Waals surface area contributed by atoms with Gasteiger partial charge in [-0.25, -0.2) is 9.97 Å². The Labute approximate surface area is 148 Å². The maximum atomic E-state index is 12.4. The first-order valence-electron chi connectivity index (χ1n) is 8.90. The smallest absolute Gasteiger partial charge is 0.274 e. The molecule has 0 saturated carbocycles. The van der Waals surface area contributed by atoms with Gasteiger partial charge in [-0.2, -0.15) is 0 Å². The van der Waals surface area contributed by atoms with E-state index in [4.69, 9.17) is 0 Å². The predicted molar refractivity (Wildman–Crippen MR) is 101 cm³/mol. The van der Waals surface area contributed by atoms with Crippen LogP contribution in [-0.4, -0.2) is 35.0 Å². The van der Waals surface area contributed by atoms with Crippen molar-refractivity contribution in [1.82, 2.24) is 9.97 Å². The van der Waals surface area contributed by atoms with E-state index in [0.717, 1.165) is 25.2 Å². The Bertz CT molecular complexity index is 710. The fraction of sp³-hybridized carbons (Fsp3) is 0.421. The lowest BCUT2D eigenvalue weighted by atomic mass is 10.2. The lowest BCUT2D eigenvalue weighted by molar-refractivity contribution is 0.102. The molecule has 1 unspecified atom stereocenters. The first-order valence-corrected chi connectivity index (χ1v) is 8.90. The fourth-order valence-electron chi connectivity index (χ4n) is 2.84. The van der Waals surface area contributed by atoms with E-state index in [9.17, 15) is 4.79 Å². The molecule has 1 aromatic carbocycles. The summed E-state index contributed by atoms with van der Waals surface area (Å²) < 4.78 is 0. The molecule has 25 heavy (non-hydrogen) atoms. The molecule has 2 N–H and O–H groups in total. The van der Waals surface area contributed by atoms with Gasteiger partial charge >= 0.3 is 0 Å². The summed E-state index contributed by atoms with van der Waals surface area (Å²) >= 11 is 0. The molecule has 132 valence electrons. The number of carbonyl (C=O) groups excluding carboxylic acids is 1. The van der Waals surface area contributed by atoms with Gasteiger partial charge in [0, 0.05) is 36.6 Å². The Morgan fingerprint density at radius 1 is 1.20 bits per heavy atom. The Morgan fingerprint density at radius 2 is 1.92 bits per heavy atom. The molecule has 1 fully saturated rings. The van der Waals surface area contributed by atoms with Crippen LogP contribution >= 0.6 is 0 Å². The van der Waals surface area contributed by atoms with Crippen LogP contribution in [0.15, 0.2) is 36.7 Å². The van der Waals surface area contributed by atoms with Crippen molar-refractivity contribution in [2.45, 2.75) is 39.2 Å². The molecular formula is C19H25N5O. The molecule has 1 aliphatic heterocycles. The molecule has 2 heterocycles. The second kappa shape index (κ2) is 7.96. The van der Waals surface area contributed by atoms with Gasteiger partial charge in [0.05, 0.1) is 0 Å². The Morgan fingerprint density at radius 3 is 2.60 bits per heavy atom. The minimum Gasteiger partial charge on any atom is -0.372 e. The maximum Gasteiger partial charge on any atom is 0.274 e. The zero-order valence-electron chi connectivity index (χ0n) is 14.8. The molecule has 1 amide bonds. The summed E-state index contributed by atoms with van der Waals surface area (Å²) in [4.78, 5) is 23.0. The van der Waals surface area contributed by atoms with Gasteiger partial charge in [-0.1, -0.05) is 6.92 Å². The molecule has 6 nitrogen and oxygen atoms in total. The summed E-state index contributed by atoms with van der Waals surface area (Å²) in [7, 11) is 0. The van der Waals surface area contributed by atoms with Gasteiger partial charge in [-0.3, -0.25) is 4.79 Å². The van der Waals surface area contributed by atoms with Gasteiger partial charge in [0.15, 0.2) is 0 Å². The van der Waals surface area contributed by atoms with Crippen molar-refractivity contribution >= 4 is 23.1 Å². The van der Waals surface area contributed by atoms with Gasteiger partial charge in [-0.05, 0) is 50.5 Å². The number of amides is 1. The fourth-order valence-corrected chi connectivity index (χ4v) is 2.84. The van der Waals surface area contributed by atoms with Crippen molar-refractivity contribution in [3.05, 3.63) is 42.4 Å². The number of benzene rings is 1. The van der Waals surface area contributed by atoms with Crippen molar-refractivity contribution in [1.29, 1.82) is 0 Å². The standard InChI is InChI=1S/C19H25N5O/c1-3-14(2)22-18-12-17(20-13-21-18)19(25)23-15-6-8-16(9-7-15)24-10-4-5-11-24/h6-9,12-14H,3-5,10-11H2,1-2H3,(H,23,25)(H,20,21,22). The monoisotopic (exact) mass is 339 g/mol. The summed E-state index contributed by atoms with van der Waals surface area (Å²) in [5.74, 6) is 0.433. The van der Waals surface area contributed by atoms with Crippen LogP contribution in [0, 0.1) is 0 Å². The number of nitrogens with zero attached hydrogens (tertiary/aromatic N) is 3. The second-order valence-electron chi connectivity index (χ2n) is 6.44. The summed E-state index contributed by atoms with van der Waals surface area (Å²) in [6.07, 6.45) is 4.89. The summed E-state index contributed by atoms with van der Waals surface area (Å²) in [5.41, 5.74) is 2.32. The molecular weight excluding hydrogens is 314 g/mol. The molecule has 1 saturated heterocycles. The molecule has 0 aliphatic carbocycles. The minimum atomic E-state index is -0.233. The minimum absolute atomic E-state index is 0.233. The van der Waals surface area contributed by atoms with Crippen molar-refractivity contribution in [2.24, 2.45) is 0 Å². The maximum absolute atomic E-state index is 12.4. The predicted octanol–water partition coefficient (Wildman–Crippen LogP) is 3.54. The Hall–Kier alpha value is -2.63. The van der Waals surface area contributed by atoms with Crippen LogP contribution < -0.4 is 15.5 Å². The van der Waals surface area contributed by atoms with Crippen LogP contribution in [0.25, 0.3) is 0 Å². The first-order chi connectivity index (χ1) is 12.2. The SMILES string of the molecule is CCC(C)Nc1cc(C(=O)Nc2ccc(N3CCCC3)cc2)ncn1. The summed E-state index contributed by atoms with van der Waals surface area (Å²) in [5, 5.41) is 6.15. The molecule has 1 aromatic heterocycles. The number of aromatic nitrogens is 2. The highest BCUT2D eigenvalue weighted by Crippen LogP contribution is 2.22. The lowest BCUT2D eigenvalue weighted by Gasteiger charge is -2.17. The van der Waals surface area contributed by atoms with Crippen molar-refractivity contribution < 1.29 is 4.79 Å². The third kappa shape index (κ3) is 4.47. The largest absolute Gasteiger partial charge is 0.372 e. The molecule has 0 radical (unpaired) electrons. The number of anilines is 3. The van der Waals surface area contributed by atoms with Gasteiger partial charge < -0.3 is 15.5 Å². The van der Waals surface area contributed by atoms with Crippen LogP contribution in [0.2, 0.25) is 0 Å². The number of hydrogen-bond donors (Lipinski definition) is 2. The lowest BCUT2D eigenvalue weighted by Crippen LogP contribution is -2.18. The highest BCUT2D eigenvalue weighted by Gasteiger charge is 2.13. The summed E-state index contributed by atoms with van der Waals surface area (Å²) in [6.45, 7) is 6.39. The molecule has 6 heteroatoms. The third-order valence-corrected chi connectivity index (χ3v) is 4.50. The normalized spacial score (nSPS) is 15.0. The van der Waals surface area contributed by atoms with E-state index >= 15 is 0 Å². The average molecular weight is 339 g/mol. The number of carbonyl (C=O) groups is 1. The second-order valence-corrected chi connectivity index (χ2v) is 6.44. The quantitative estimate of drug-likeness (QED) is 0.842. The van der Waals surface area contributed by atoms with E-state index in [2.05, 4.69) is 51.5 Å². The van der Waals surface area contributed by atoms with E-state index < -0.39 is 0 Å². The van der Waals surface area contributed by atoms with E-state index in [1.165, 1.54) is 24.9 Å². The van der Waals surface area contributed by atoms with Crippen LogP contribution in [0.5, 0.6) is 0 Å². The van der Waals surface area contributed by atoms with E-state index in [1.807, 2.05) is 12.1 Å². The van der Waals surface area contributed by atoms with E-state index in [-0.39, 0.29) is 5.91 Å². The molecule has 0 spiro atoms. The zero-order chi connectivity index (χ0) is 17.6. The number of hydrogen-bond acceptors (Lipinski definition) is 5. The van der Waals surface area contributed by atoms with Gasteiger partial charge in [0.25, 0.3) is 5.91 Å². The Balaban J connectivity index is 1.64. The molecule has 1 atom stereocenters. The van der Waals surface area contributed by atoms with Crippen LogP contribution in [0.4, 0.5) is 17.2 Å². The van der Waals surface area contributed by atoms with Crippen LogP contribution in [0.1, 0.15) is 43.6 Å². The average Bonchev–Trinajstić information content (AvgIpc) is 3.17. The van der Waals surface area contributed by atoms with Gasteiger partial charge in [0.1, 0.15) is 17.8 Å². The Kier molecular flexibility index (Phi) is 5.48. The molecule has 1 aliphatic rings. The molecule has 3 rings (SSSR count). The molecule has 2 aromatic rings. The van der Waals surface area contributed by atoms with Crippen molar-refractivity contribution in [3.63, 3.8) is 0 Å². The highest BCUT2D eigenvalue weighted by molar-refractivity contribution is 6.03. The van der Waals surface area contributed by atoms with Crippen molar-refractivity contribution in [3.8, 4) is 0 Å². The van der Waals surface area contributed by atoms with Gasteiger partial charge in [-0.15, -0.1) is 0 Å². The van der Waals surface area contributed by atoms with E-state index in [1.54, 1.807) is 6.07 Å². The number of rotatable bonds is 6. The van der Waals surface area contributed by atoms with Crippen LogP contribution in [0.3, 0.4) is 0 Å². The third-order valence-electron chi connectivity index (χ3n) is 4.50. The molecule has 0 bridgehead atoms. The van der Waals surface area contributed by atoms with Crippen LogP contribution in [-0.2, 0) is 0 Å².